The molecule has 0 bridgehead atoms. The van der Waals surface area contributed by atoms with Gasteiger partial charge in [0.2, 0.25) is 5.91 Å². The SMILES string of the molecule is Cn1cc(C(NC(=O)N2CCN(CC(F)(F)F)C(=O)C2)c2ccccc2)cn1. The highest BCUT2D eigenvalue weighted by atomic mass is 19.4. The standard InChI is InChI=1S/C18H20F3N5O2/c1-24-10-14(9-22-24)16(13-5-3-2-4-6-13)23-17(28)25-7-8-26(15(27)11-25)12-18(19,20)21/h2-6,9-10,16H,7-8,11-12H2,1H3,(H,23,28). The summed E-state index contributed by atoms with van der Waals surface area (Å²) in [4.78, 5) is 26.6. The summed E-state index contributed by atoms with van der Waals surface area (Å²) in [6.07, 6.45) is -1.06. The lowest BCUT2D eigenvalue weighted by Gasteiger charge is -2.35. The fraction of sp³-hybridized carbons (Fsp3) is 0.389. The fourth-order valence-corrected chi connectivity index (χ4v) is 3.07. The summed E-state index contributed by atoms with van der Waals surface area (Å²) in [6, 6.07) is 8.22. The summed E-state index contributed by atoms with van der Waals surface area (Å²) >= 11 is 0. The molecule has 1 aromatic heterocycles. The average molecular weight is 395 g/mol. The molecular formula is C18H20F3N5O2. The van der Waals surface area contributed by atoms with Gasteiger partial charge in [0.1, 0.15) is 13.1 Å². The normalized spacial score (nSPS) is 16.2. The second-order valence-electron chi connectivity index (χ2n) is 6.59. The van der Waals surface area contributed by atoms with Gasteiger partial charge in [0, 0.05) is 31.9 Å². The van der Waals surface area contributed by atoms with Gasteiger partial charge in [0.05, 0.1) is 12.2 Å². The van der Waals surface area contributed by atoms with Crippen LogP contribution in [0.4, 0.5) is 18.0 Å². The quantitative estimate of drug-likeness (QED) is 0.860. The second-order valence-corrected chi connectivity index (χ2v) is 6.59. The summed E-state index contributed by atoms with van der Waals surface area (Å²) in [5, 5.41) is 6.98. The van der Waals surface area contributed by atoms with Crippen molar-refractivity contribution < 1.29 is 22.8 Å². The van der Waals surface area contributed by atoms with Crippen molar-refractivity contribution in [3.8, 4) is 0 Å². The Hall–Kier alpha value is -3.04. The van der Waals surface area contributed by atoms with E-state index in [1.807, 2.05) is 30.3 Å². The van der Waals surface area contributed by atoms with Crippen molar-refractivity contribution >= 4 is 11.9 Å². The van der Waals surface area contributed by atoms with Gasteiger partial charge >= 0.3 is 12.2 Å². The van der Waals surface area contributed by atoms with Crippen LogP contribution >= 0.6 is 0 Å². The summed E-state index contributed by atoms with van der Waals surface area (Å²) in [7, 11) is 1.76. The average Bonchev–Trinajstić information content (AvgIpc) is 3.07. The number of aryl methyl sites for hydroxylation is 1. The van der Waals surface area contributed by atoms with E-state index in [0.29, 0.717) is 0 Å². The van der Waals surface area contributed by atoms with Crippen LogP contribution in [0.3, 0.4) is 0 Å². The van der Waals surface area contributed by atoms with E-state index in [9.17, 15) is 22.8 Å². The van der Waals surface area contributed by atoms with Crippen LogP contribution in [-0.2, 0) is 11.8 Å². The maximum Gasteiger partial charge on any atom is 0.406 e. The Bertz CT molecular complexity index is 837. The topological polar surface area (TPSA) is 70.5 Å². The number of hydrogen-bond donors (Lipinski definition) is 1. The van der Waals surface area contributed by atoms with Gasteiger partial charge in [0.25, 0.3) is 0 Å². The van der Waals surface area contributed by atoms with Crippen molar-refractivity contribution in [1.29, 1.82) is 0 Å². The minimum atomic E-state index is -4.46. The highest BCUT2D eigenvalue weighted by Gasteiger charge is 2.36. The Morgan fingerprint density at radius 1 is 1.21 bits per heavy atom. The number of carbonyl (C=O) groups is 2. The number of hydrogen-bond acceptors (Lipinski definition) is 3. The Morgan fingerprint density at radius 3 is 2.50 bits per heavy atom. The Kier molecular flexibility index (Phi) is 5.57. The summed E-state index contributed by atoms with van der Waals surface area (Å²) < 4.78 is 39.2. The Balaban J connectivity index is 1.70. The zero-order chi connectivity index (χ0) is 20.3. The molecule has 1 N–H and O–H groups in total. The third-order valence-corrected chi connectivity index (χ3v) is 4.43. The van der Waals surface area contributed by atoms with Gasteiger partial charge in [-0.05, 0) is 5.56 Å². The molecule has 1 fully saturated rings. The molecule has 150 valence electrons. The van der Waals surface area contributed by atoms with Crippen LogP contribution in [0.25, 0.3) is 0 Å². The summed E-state index contributed by atoms with van der Waals surface area (Å²) in [5.41, 5.74) is 1.58. The van der Waals surface area contributed by atoms with Gasteiger partial charge < -0.3 is 15.1 Å². The van der Waals surface area contributed by atoms with Crippen LogP contribution in [0, 0.1) is 0 Å². The number of nitrogens with zero attached hydrogens (tertiary/aromatic N) is 4. The number of rotatable bonds is 4. The van der Waals surface area contributed by atoms with Gasteiger partial charge in [-0.15, -0.1) is 0 Å². The molecule has 0 aliphatic carbocycles. The van der Waals surface area contributed by atoms with Crippen LogP contribution in [0.2, 0.25) is 0 Å². The molecule has 0 saturated carbocycles. The number of carbonyl (C=O) groups excluding carboxylic acids is 2. The van der Waals surface area contributed by atoms with E-state index in [1.165, 1.54) is 4.90 Å². The van der Waals surface area contributed by atoms with Crippen molar-refractivity contribution in [2.45, 2.75) is 12.2 Å². The first-order valence-corrected chi connectivity index (χ1v) is 8.66. The van der Waals surface area contributed by atoms with Crippen molar-refractivity contribution in [3.05, 3.63) is 53.9 Å². The largest absolute Gasteiger partial charge is 0.406 e. The molecule has 7 nitrogen and oxygen atoms in total. The predicted octanol–water partition coefficient (Wildman–Crippen LogP) is 1.93. The van der Waals surface area contributed by atoms with Crippen molar-refractivity contribution in [2.75, 3.05) is 26.2 Å². The monoisotopic (exact) mass is 395 g/mol. The van der Waals surface area contributed by atoms with Crippen LogP contribution in [0.5, 0.6) is 0 Å². The molecule has 1 aliphatic rings. The maximum absolute atomic E-state index is 12.7. The molecule has 3 rings (SSSR count). The first-order valence-electron chi connectivity index (χ1n) is 8.66. The first kappa shape index (κ1) is 19.7. The first-order chi connectivity index (χ1) is 13.2. The number of nitrogens with one attached hydrogen (secondary N) is 1. The number of benzene rings is 1. The number of amides is 3. The van der Waals surface area contributed by atoms with Crippen molar-refractivity contribution in [3.63, 3.8) is 0 Å². The second kappa shape index (κ2) is 7.91. The number of aromatic nitrogens is 2. The Labute approximate surface area is 159 Å². The van der Waals surface area contributed by atoms with E-state index >= 15 is 0 Å². The van der Waals surface area contributed by atoms with Gasteiger partial charge in [-0.3, -0.25) is 9.48 Å². The van der Waals surface area contributed by atoms with E-state index in [0.717, 1.165) is 16.0 Å². The van der Waals surface area contributed by atoms with Crippen molar-refractivity contribution in [1.82, 2.24) is 24.9 Å². The molecule has 2 heterocycles. The molecule has 1 saturated heterocycles. The fourth-order valence-electron chi connectivity index (χ4n) is 3.07. The lowest BCUT2D eigenvalue weighted by atomic mass is 10.0. The third kappa shape index (κ3) is 4.81. The lowest BCUT2D eigenvalue weighted by Crippen LogP contribution is -2.56. The number of alkyl halides is 3. The van der Waals surface area contributed by atoms with Crippen molar-refractivity contribution in [2.24, 2.45) is 7.05 Å². The molecule has 1 aromatic carbocycles. The molecule has 10 heteroatoms. The number of piperazine rings is 1. The minimum Gasteiger partial charge on any atom is -0.330 e. The maximum atomic E-state index is 12.7. The van der Waals surface area contributed by atoms with Crippen LogP contribution in [-0.4, -0.2) is 63.9 Å². The van der Waals surface area contributed by atoms with Gasteiger partial charge in [-0.1, -0.05) is 30.3 Å². The number of halogens is 3. The molecule has 0 spiro atoms. The molecule has 1 aliphatic heterocycles. The van der Waals surface area contributed by atoms with Crippen LogP contribution < -0.4 is 5.32 Å². The van der Waals surface area contributed by atoms with E-state index in [4.69, 9.17) is 0 Å². The predicted molar refractivity (Wildman–Crippen MR) is 94.2 cm³/mol. The van der Waals surface area contributed by atoms with Crippen LogP contribution in [0.1, 0.15) is 17.2 Å². The highest BCUT2D eigenvalue weighted by Crippen LogP contribution is 2.22. The van der Waals surface area contributed by atoms with Crippen LogP contribution in [0.15, 0.2) is 42.7 Å². The zero-order valence-electron chi connectivity index (χ0n) is 15.2. The molecule has 2 aromatic rings. The van der Waals surface area contributed by atoms with Gasteiger partial charge in [0.15, 0.2) is 0 Å². The van der Waals surface area contributed by atoms with E-state index < -0.39 is 37.2 Å². The number of urea groups is 1. The molecular weight excluding hydrogens is 375 g/mol. The van der Waals surface area contributed by atoms with E-state index in [2.05, 4.69) is 10.4 Å². The molecule has 1 unspecified atom stereocenters. The zero-order valence-corrected chi connectivity index (χ0v) is 15.2. The summed E-state index contributed by atoms with van der Waals surface area (Å²) in [5.74, 6) is -0.726. The van der Waals surface area contributed by atoms with Gasteiger partial charge in [-0.25, -0.2) is 4.79 Å². The molecule has 1 atom stereocenters. The third-order valence-electron chi connectivity index (χ3n) is 4.43. The lowest BCUT2D eigenvalue weighted by molar-refractivity contribution is -0.164. The highest BCUT2D eigenvalue weighted by molar-refractivity contribution is 5.85. The van der Waals surface area contributed by atoms with E-state index in [-0.39, 0.29) is 13.1 Å². The molecule has 3 amide bonds. The summed E-state index contributed by atoms with van der Waals surface area (Å²) in [6.45, 7) is -1.82. The molecule has 28 heavy (non-hydrogen) atoms. The Morgan fingerprint density at radius 2 is 1.93 bits per heavy atom. The minimum absolute atomic E-state index is 0.0300. The smallest absolute Gasteiger partial charge is 0.330 e. The van der Waals surface area contributed by atoms with E-state index in [1.54, 1.807) is 24.1 Å². The molecule has 0 radical (unpaired) electrons. The van der Waals surface area contributed by atoms with Gasteiger partial charge in [-0.2, -0.15) is 18.3 Å².